The summed E-state index contributed by atoms with van der Waals surface area (Å²) in [6.45, 7) is 3.10. The van der Waals surface area contributed by atoms with Gasteiger partial charge in [-0.2, -0.15) is 4.39 Å². The summed E-state index contributed by atoms with van der Waals surface area (Å²) in [6.07, 6.45) is 0. The number of hydrogen-bond acceptors (Lipinski definition) is 4. The highest BCUT2D eigenvalue weighted by Gasteiger charge is 2.24. The molecule has 8 heteroatoms. The maximum Gasteiger partial charge on any atom is 0.307 e. The summed E-state index contributed by atoms with van der Waals surface area (Å²) in [4.78, 5) is 21.1. The van der Waals surface area contributed by atoms with E-state index in [1.54, 1.807) is 13.8 Å². The Morgan fingerprint density at radius 1 is 1.40 bits per heavy atom. The van der Waals surface area contributed by atoms with Crippen LogP contribution in [0, 0.1) is 27.7 Å². The second-order valence-corrected chi connectivity index (χ2v) is 4.55. The van der Waals surface area contributed by atoms with Crippen LogP contribution < -0.4 is 5.32 Å². The Hall–Kier alpha value is -2.09. The van der Waals surface area contributed by atoms with E-state index in [9.17, 15) is 23.7 Å². The summed E-state index contributed by atoms with van der Waals surface area (Å²) in [7, 11) is 0. The number of halogens is 2. The van der Waals surface area contributed by atoms with Crippen LogP contribution in [0.15, 0.2) is 12.1 Å². The van der Waals surface area contributed by atoms with Crippen LogP contribution in [-0.4, -0.2) is 28.6 Å². The first-order chi connectivity index (χ1) is 9.27. The van der Waals surface area contributed by atoms with E-state index >= 15 is 0 Å². The van der Waals surface area contributed by atoms with E-state index in [-0.39, 0.29) is 12.5 Å². The molecule has 0 fully saturated rings. The van der Waals surface area contributed by atoms with Crippen LogP contribution in [0.5, 0.6) is 0 Å². The van der Waals surface area contributed by atoms with Gasteiger partial charge in [0.25, 0.3) is 5.91 Å². The normalized spacial score (nSPS) is 12.3. The average Bonchev–Trinajstić information content (AvgIpc) is 2.37. The molecule has 0 aliphatic rings. The SMILES string of the molecule is CC(C)[C@@H](CO)NC(=O)c1cc(F)c([N+](=O)[O-])cc1F. The fourth-order valence-corrected chi connectivity index (χ4v) is 1.52. The maximum absolute atomic E-state index is 13.6. The summed E-state index contributed by atoms with van der Waals surface area (Å²) in [5.41, 5.74) is -1.69. The quantitative estimate of drug-likeness (QED) is 0.636. The van der Waals surface area contributed by atoms with Crippen molar-refractivity contribution in [1.29, 1.82) is 0 Å². The molecule has 0 aliphatic heterocycles. The number of nitro benzene ring substituents is 1. The van der Waals surface area contributed by atoms with Gasteiger partial charge >= 0.3 is 5.69 Å². The van der Waals surface area contributed by atoms with Crippen molar-refractivity contribution in [2.45, 2.75) is 19.9 Å². The number of nitrogens with one attached hydrogen (secondary N) is 1. The number of nitro groups is 1. The first kappa shape index (κ1) is 16.0. The molecule has 0 aromatic heterocycles. The first-order valence-corrected chi connectivity index (χ1v) is 5.83. The van der Waals surface area contributed by atoms with Crippen molar-refractivity contribution in [1.82, 2.24) is 5.32 Å². The molecule has 1 amide bonds. The fraction of sp³-hybridized carbons (Fsp3) is 0.417. The zero-order valence-corrected chi connectivity index (χ0v) is 10.9. The molecule has 1 rings (SSSR count). The zero-order valence-electron chi connectivity index (χ0n) is 10.9. The van der Waals surface area contributed by atoms with Crippen molar-refractivity contribution < 1.29 is 23.6 Å². The molecule has 20 heavy (non-hydrogen) atoms. The maximum atomic E-state index is 13.6. The predicted molar refractivity (Wildman–Crippen MR) is 66.2 cm³/mol. The summed E-state index contributed by atoms with van der Waals surface area (Å²) in [6, 6.07) is 0.200. The molecule has 2 N–H and O–H groups in total. The minimum atomic E-state index is -1.30. The van der Waals surface area contributed by atoms with Gasteiger partial charge in [0.1, 0.15) is 5.82 Å². The molecule has 0 saturated heterocycles. The molecule has 110 valence electrons. The Labute approximate surface area is 113 Å². The van der Waals surface area contributed by atoms with Crippen LogP contribution in [0.2, 0.25) is 0 Å². The number of amides is 1. The number of nitrogens with zero attached hydrogens (tertiary/aromatic N) is 1. The minimum absolute atomic E-state index is 0.116. The molecule has 0 unspecified atom stereocenters. The third kappa shape index (κ3) is 3.47. The van der Waals surface area contributed by atoms with Gasteiger partial charge in [-0.15, -0.1) is 0 Å². The van der Waals surface area contributed by atoms with Crippen LogP contribution >= 0.6 is 0 Å². The van der Waals surface area contributed by atoms with Gasteiger partial charge in [0, 0.05) is 0 Å². The van der Waals surface area contributed by atoms with Crippen LogP contribution in [0.1, 0.15) is 24.2 Å². The standard InChI is InChI=1S/C12H14F2N2O4/c1-6(2)10(5-17)15-12(18)7-3-9(14)11(16(19)20)4-8(7)13/h3-4,6,10,17H,5H2,1-2H3,(H,15,18)/t10-/m1/s1. The molecule has 0 aliphatic carbocycles. The van der Waals surface area contributed by atoms with Crippen molar-refractivity contribution in [3.63, 3.8) is 0 Å². The Morgan fingerprint density at radius 2 is 2.00 bits per heavy atom. The molecule has 1 aromatic rings. The van der Waals surface area contributed by atoms with Crippen LogP contribution in [0.25, 0.3) is 0 Å². The zero-order chi connectivity index (χ0) is 15.4. The number of carbonyl (C=O) groups is 1. The molecule has 6 nitrogen and oxygen atoms in total. The van der Waals surface area contributed by atoms with Crippen LogP contribution in [0.3, 0.4) is 0 Å². The molecule has 0 radical (unpaired) electrons. The van der Waals surface area contributed by atoms with E-state index in [0.29, 0.717) is 12.1 Å². The third-order valence-electron chi connectivity index (χ3n) is 2.80. The molecular weight excluding hydrogens is 274 g/mol. The second-order valence-electron chi connectivity index (χ2n) is 4.55. The third-order valence-corrected chi connectivity index (χ3v) is 2.80. The number of carbonyl (C=O) groups excluding carboxylic acids is 1. The first-order valence-electron chi connectivity index (χ1n) is 5.83. The largest absolute Gasteiger partial charge is 0.394 e. The monoisotopic (exact) mass is 288 g/mol. The summed E-state index contributed by atoms with van der Waals surface area (Å²) in [5, 5.41) is 21.8. The topological polar surface area (TPSA) is 92.5 Å². The van der Waals surface area contributed by atoms with E-state index in [1.165, 1.54) is 0 Å². The van der Waals surface area contributed by atoms with E-state index < -0.39 is 39.8 Å². The number of aliphatic hydroxyl groups excluding tert-OH is 1. The van der Waals surface area contributed by atoms with Crippen LogP contribution in [-0.2, 0) is 0 Å². The number of rotatable bonds is 5. The van der Waals surface area contributed by atoms with Crippen molar-refractivity contribution in [3.8, 4) is 0 Å². The van der Waals surface area contributed by atoms with Gasteiger partial charge in [-0.3, -0.25) is 14.9 Å². The molecule has 0 bridgehead atoms. The smallest absolute Gasteiger partial charge is 0.307 e. The van der Waals surface area contributed by atoms with Gasteiger partial charge in [0.05, 0.1) is 29.2 Å². The molecule has 0 spiro atoms. The van der Waals surface area contributed by atoms with Gasteiger partial charge in [0.2, 0.25) is 5.82 Å². The Bertz CT molecular complexity index is 534. The van der Waals surface area contributed by atoms with Gasteiger partial charge in [-0.25, -0.2) is 4.39 Å². The molecule has 0 saturated carbocycles. The predicted octanol–water partition coefficient (Wildman–Crippen LogP) is 1.62. The van der Waals surface area contributed by atoms with E-state index in [4.69, 9.17) is 5.11 Å². The lowest BCUT2D eigenvalue weighted by atomic mass is 10.0. The van der Waals surface area contributed by atoms with E-state index in [0.717, 1.165) is 0 Å². The molecular formula is C12H14F2N2O4. The van der Waals surface area contributed by atoms with Crippen LogP contribution in [0.4, 0.5) is 14.5 Å². The van der Waals surface area contributed by atoms with Crippen molar-refractivity contribution in [2.24, 2.45) is 5.92 Å². The fourth-order valence-electron chi connectivity index (χ4n) is 1.52. The lowest BCUT2D eigenvalue weighted by Crippen LogP contribution is -2.41. The van der Waals surface area contributed by atoms with E-state index in [1.807, 2.05) is 0 Å². The number of aliphatic hydroxyl groups is 1. The number of hydrogen-bond donors (Lipinski definition) is 2. The summed E-state index contributed by atoms with van der Waals surface area (Å²) < 4.78 is 27.0. The highest BCUT2D eigenvalue weighted by atomic mass is 19.1. The minimum Gasteiger partial charge on any atom is -0.394 e. The van der Waals surface area contributed by atoms with Gasteiger partial charge < -0.3 is 10.4 Å². The second kappa shape index (κ2) is 6.38. The van der Waals surface area contributed by atoms with Crippen molar-refractivity contribution >= 4 is 11.6 Å². The Kier molecular flexibility index (Phi) is 5.09. The molecule has 0 heterocycles. The Morgan fingerprint density at radius 3 is 2.45 bits per heavy atom. The highest BCUT2D eigenvalue weighted by Crippen LogP contribution is 2.21. The average molecular weight is 288 g/mol. The summed E-state index contributed by atoms with van der Waals surface area (Å²) >= 11 is 0. The van der Waals surface area contributed by atoms with Crippen molar-refractivity contribution in [2.75, 3.05) is 6.61 Å². The molecule has 1 atom stereocenters. The molecule has 1 aromatic carbocycles. The van der Waals surface area contributed by atoms with Gasteiger partial charge in [0.15, 0.2) is 0 Å². The van der Waals surface area contributed by atoms with Gasteiger partial charge in [-0.1, -0.05) is 13.8 Å². The summed E-state index contributed by atoms with van der Waals surface area (Å²) in [5.74, 6) is -3.55. The van der Waals surface area contributed by atoms with E-state index in [2.05, 4.69) is 5.32 Å². The lowest BCUT2D eigenvalue weighted by Gasteiger charge is -2.20. The highest BCUT2D eigenvalue weighted by molar-refractivity contribution is 5.95. The lowest BCUT2D eigenvalue weighted by molar-refractivity contribution is -0.387. The van der Waals surface area contributed by atoms with Crippen molar-refractivity contribution in [3.05, 3.63) is 39.4 Å². The number of benzene rings is 1. The Balaban J connectivity index is 3.05. The van der Waals surface area contributed by atoms with Gasteiger partial charge in [-0.05, 0) is 12.0 Å².